The van der Waals surface area contributed by atoms with Gasteiger partial charge in [0.1, 0.15) is 11.6 Å². The molecule has 1 saturated heterocycles. The fraction of sp³-hybridized carbons (Fsp3) is 0.571. The van der Waals surface area contributed by atoms with Gasteiger partial charge in [0.25, 0.3) is 10.0 Å². The van der Waals surface area contributed by atoms with Gasteiger partial charge in [-0.2, -0.15) is 4.31 Å². The Balaban J connectivity index is 1.70. The number of aromatic nitrogens is 2. The van der Waals surface area contributed by atoms with Gasteiger partial charge < -0.3 is 14.0 Å². The summed E-state index contributed by atoms with van der Waals surface area (Å²) in [7, 11) is -1.93. The van der Waals surface area contributed by atoms with Crippen molar-refractivity contribution in [1.82, 2.24) is 13.9 Å². The molecule has 1 fully saturated rings. The van der Waals surface area contributed by atoms with Gasteiger partial charge in [0, 0.05) is 43.8 Å². The normalized spacial score (nSPS) is 24.4. The van der Waals surface area contributed by atoms with Crippen LogP contribution in [0, 0.1) is 24.7 Å². The Hall–Kier alpha value is -1.90. The standard InChI is InChI=1S/C21H29N3O4S/c1-14(2)11-27-12-16-9-24(29(25,26)20-10-23(4)15(3)22-20)21-17-7-5-6-8-19(17)28-13-18(16)21/h5-8,10,14,16,18,21H,9,11-13H2,1-4H3/t16-,18-,21-/m0/s1. The first kappa shape index (κ1) is 20.4. The third-order valence-electron chi connectivity index (χ3n) is 5.85. The molecule has 2 aliphatic rings. The Morgan fingerprint density at radius 1 is 1.31 bits per heavy atom. The molecule has 0 unspecified atom stereocenters. The van der Waals surface area contributed by atoms with Crippen LogP contribution in [0.1, 0.15) is 31.3 Å². The van der Waals surface area contributed by atoms with Gasteiger partial charge in [-0.25, -0.2) is 13.4 Å². The summed E-state index contributed by atoms with van der Waals surface area (Å²) >= 11 is 0. The highest BCUT2D eigenvalue weighted by molar-refractivity contribution is 7.89. The van der Waals surface area contributed by atoms with Gasteiger partial charge in [-0.15, -0.1) is 0 Å². The summed E-state index contributed by atoms with van der Waals surface area (Å²) in [6, 6.07) is 7.46. The van der Waals surface area contributed by atoms with Gasteiger partial charge in [0.2, 0.25) is 0 Å². The van der Waals surface area contributed by atoms with Gasteiger partial charge >= 0.3 is 0 Å². The molecule has 0 N–H and O–H groups in total. The zero-order valence-corrected chi connectivity index (χ0v) is 18.2. The number of nitrogens with zero attached hydrogens (tertiary/aromatic N) is 3. The van der Waals surface area contributed by atoms with Crippen molar-refractivity contribution in [1.29, 1.82) is 0 Å². The molecule has 7 nitrogen and oxygen atoms in total. The van der Waals surface area contributed by atoms with E-state index < -0.39 is 10.0 Å². The molecule has 0 amide bonds. The minimum atomic E-state index is -3.74. The highest BCUT2D eigenvalue weighted by atomic mass is 32.2. The molecule has 2 aliphatic heterocycles. The zero-order valence-electron chi connectivity index (χ0n) is 17.4. The smallest absolute Gasteiger partial charge is 0.262 e. The number of hydrogen-bond acceptors (Lipinski definition) is 5. The lowest BCUT2D eigenvalue weighted by Gasteiger charge is -2.33. The second-order valence-corrected chi connectivity index (χ2v) is 10.3. The van der Waals surface area contributed by atoms with E-state index in [1.54, 1.807) is 29.0 Å². The van der Waals surface area contributed by atoms with Crippen molar-refractivity contribution in [2.24, 2.45) is 24.8 Å². The molecule has 0 radical (unpaired) electrons. The maximum Gasteiger partial charge on any atom is 0.262 e. The number of ether oxygens (including phenoxy) is 2. The highest BCUT2D eigenvalue weighted by Crippen LogP contribution is 2.49. The number of rotatable bonds is 6. The second kappa shape index (κ2) is 7.74. The predicted octanol–water partition coefficient (Wildman–Crippen LogP) is 2.77. The molecule has 1 aromatic heterocycles. The van der Waals surface area contributed by atoms with Gasteiger partial charge in [-0.3, -0.25) is 0 Å². The van der Waals surface area contributed by atoms with Crippen molar-refractivity contribution in [2.45, 2.75) is 31.8 Å². The summed E-state index contributed by atoms with van der Waals surface area (Å²) in [4.78, 5) is 4.30. The monoisotopic (exact) mass is 419 g/mol. The largest absolute Gasteiger partial charge is 0.493 e. The molecule has 0 spiro atoms. The van der Waals surface area contributed by atoms with Crippen LogP contribution in [-0.2, 0) is 21.8 Å². The van der Waals surface area contributed by atoms with Crippen LogP contribution in [0.15, 0.2) is 35.5 Å². The Bertz CT molecular complexity index is 966. The third kappa shape index (κ3) is 3.69. The van der Waals surface area contributed by atoms with Gasteiger partial charge in [0.05, 0.1) is 19.3 Å². The van der Waals surface area contributed by atoms with Crippen LogP contribution >= 0.6 is 0 Å². The molecule has 3 heterocycles. The van der Waals surface area contributed by atoms with Crippen molar-refractivity contribution in [3.63, 3.8) is 0 Å². The summed E-state index contributed by atoms with van der Waals surface area (Å²) in [6.45, 7) is 8.11. The fourth-order valence-corrected chi connectivity index (χ4v) is 5.99. The first-order valence-electron chi connectivity index (χ1n) is 10.1. The summed E-state index contributed by atoms with van der Waals surface area (Å²) < 4.78 is 42.4. The molecule has 3 atom stereocenters. The maximum absolute atomic E-state index is 13.6. The molecule has 4 rings (SSSR count). The SMILES string of the molecule is Cc1nc(S(=O)(=O)N2C[C@@H](COCC(C)C)[C@@H]3COc4ccccc4[C@@H]32)cn1C. The van der Waals surface area contributed by atoms with Crippen LogP contribution in [0.25, 0.3) is 0 Å². The van der Waals surface area contributed by atoms with Crippen LogP contribution in [0.3, 0.4) is 0 Å². The molecule has 0 aliphatic carbocycles. The summed E-state index contributed by atoms with van der Waals surface area (Å²) in [5, 5.41) is 0.101. The quantitative estimate of drug-likeness (QED) is 0.720. The lowest BCUT2D eigenvalue weighted by Crippen LogP contribution is -2.35. The first-order valence-corrected chi connectivity index (χ1v) is 11.5. The number of para-hydroxylation sites is 1. The van der Waals surface area contributed by atoms with Crippen LogP contribution in [0.2, 0.25) is 0 Å². The Morgan fingerprint density at radius 3 is 2.76 bits per heavy atom. The first-order chi connectivity index (χ1) is 13.8. The van der Waals surface area contributed by atoms with Crippen LogP contribution in [0.4, 0.5) is 0 Å². The lowest BCUT2D eigenvalue weighted by atomic mass is 9.86. The number of sulfonamides is 1. The van der Waals surface area contributed by atoms with E-state index in [0.29, 0.717) is 38.1 Å². The Kier molecular flexibility index (Phi) is 5.44. The van der Waals surface area contributed by atoms with Gasteiger partial charge in [-0.1, -0.05) is 32.0 Å². The topological polar surface area (TPSA) is 73.7 Å². The van der Waals surface area contributed by atoms with E-state index in [1.807, 2.05) is 24.3 Å². The summed E-state index contributed by atoms with van der Waals surface area (Å²) in [6.07, 6.45) is 1.59. The zero-order chi connectivity index (χ0) is 20.8. The average molecular weight is 420 g/mol. The number of benzene rings is 1. The third-order valence-corrected chi connectivity index (χ3v) is 7.57. The van der Waals surface area contributed by atoms with E-state index in [9.17, 15) is 8.42 Å². The minimum absolute atomic E-state index is 0.0525. The highest BCUT2D eigenvalue weighted by Gasteiger charge is 2.51. The number of fused-ring (bicyclic) bond motifs is 3. The van der Waals surface area contributed by atoms with E-state index in [2.05, 4.69) is 18.8 Å². The molecule has 0 saturated carbocycles. The maximum atomic E-state index is 13.6. The Labute approximate surface area is 172 Å². The van der Waals surface area contributed by atoms with E-state index >= 15 is 0 Å². The summed E-state index contributed by atoms with van der Waals surface area (Å²) in [5.41, 5.74) is 0.923. The van der Waals surface area contributed by atoms with Crippen LogP contribution < -0.4 is 4.74 Å². The van der Waals surface area contributed by atoms with Crippen molar-refractivity contribution < 1.29 is 17.9 Å². The minimum Gasteiger partial charge on any atom is -0.493 e. The second-order valence-electron chi connectivity index (χ2n) is 8.46. The average Bonchev–Trinajstić information content (AvgIpc) is 3.23. The molecule has 158 valence electrons. The van der Waals surface area contributed by atoms with Crippen LogP contribution in [0.5, 0.6) is 5.75 Å². The molecule has 29 heavy (non-hydrogen) atoms. The molecule has 0 bridgehead atoms. The Morgan fingerprint density at radius 2 is 2.07 bits per heavy atom. The van der Waals surface area contributed by atoms with Crippen molar-refractivity contribution in [2.75, 3.05) is 26.4 Å². The van der Waals surface area contributed by atoms with Crippen molar-refractivity contribution in [3.05, 3.63) is 41.9 Å². The fourth-order valence-electron chi connectivity index (χ4n) is 4.26. The number of hydrogen-bond donors (Lipinski definition) is 0. The van der Waals surface area contributed by atoms with E-state index in [4.69, 9.17) is 9.47 Å². The van der Waals surface area contributed by atoms with Crippen molar-refractivity contribution >= 4 is 10.0 Å². The van der Waals surface area contributed by atoms with Crippen molar-refractivity contribution in [3.8, 4) is 5.75 Å². The molecule has 2 aromatic rings. The van der Waals surface area contributed by atoms with Gasteiger partial charge in [-0.05, 0) is 18.9 Å². The lowest BCUT2D eigenvalue weighted by molar-refractivity contribution is 0.0563. The number of imidazole rings is 1. The number of aryl methyl sites for hydroxylation is 2. The molecule has 8 heteroatoms. The van der Waals surface area contributed by atoms with E-state index in [1.165, 1.54) is 0 Å². The van der Waals surface area contributed by atoms with E-state index in [0.717, 1.165) is 11.3 Å². The molecular formula is C21H29N3O4S. The molecule has 1 aromatic carbocycles. The molecular weight excluding hydrogens is 390 g/mol. The predicted molar refractivity (Wildman–Crippen MR) is 109 cm³/mol. The summed E-state index contributed by atoms with van der Waals surface area (Å²) in [5.74, 6) is 1.99. The van der Waals surface area contributed by atoms with Gasteiger partial charge in [0.15, 0.2) is 5.03 Å². The van der Waals surface area contributed by atoms with Crippen LogP contribution in [-0.4, -0.2) is 48.6 Å². The van der Waals surface area contributed by atoms with E-state index in [-0.39, 0.29) is 22.9 Å².